The van der Waals surface area contributed by atoms with E-state index in [1.165, 1.54) is 12.0 Å². The molecule has 0 radical (unpaired) electrons. The van der Waals surface area contributed by atoms with Crippen LogP contribution in [0.1, 0.15) is 31.2 Å². The number of allylic oxidation sites excluding steroid dienone is 1. The fourth-order valence-corrected chi connectivity index (χ4v) is 3.56. The molecule has 0 atom stereocenters. The number of hydrogen-bond donors (Lipinski definition) is 1. The fourth-order valence-electron chi connectivity index (χ4n) is 2.15. The molecule has 1 aliphatic rings. The summed E-state index contributed by atoms with van der Waals surface area (Å²) in [4.78, 5) is 0.331. The quantitative estimate of drug-likeness (QED) is 0.635. The van der Waals surface area contributed by atoms with Crippen LogP contribution in [0.15, 0.2) is 40.8 Å². The monoisotopic (exact) mass is 343 g/mol. The van der Waals surface area contributed by atoms with Crippen LogP contribution in [0.25, 0.3) is 0 Å². The minimum atomic E-state index is -3.37. The van der Waals surface area contributed by atoms with Crippen molar-refractivity contribution >= 4 is 26.0 Å². The Labute approximate surface area is 123 Å². The van der Waals surface area contributed by atoms with Crippen molar-refractivity contribution in [2.45, 2.75) is 35.9 Å². The predicted molar refractivity (Wildman–Crippen MR) is 80.8 cm³/mol. The van der Waals surface area contributed by atoms with Crippen LogP contribution in [-0.4, -0.2) is 15.0 Å². The van der Waals surface area contributed by atoms with Gasteiger partial charge in [-0.25, -0.2) is 13.1 Å². The lowest BCUT2D eigenvalue weighted by atomic mass is 10.2. The Hall–Kier alpha value is -0.650. The van der Waals surface area contributed by atoms with E-state index in [-0.39, 0.29) is 0 Å². The summed E-state index contributed by atoms with van der Waals surface area (Å²) in [6.07, 6.45) is 6.49. The minimum Gasteiger partial charge on any atom is -0.211 e. The van der Waals surface area contributed by atoms with Gasteiger partial charge < -0.3 is 0 Å². The van der Waals surface area contributed by atoms with Gasteiger partial charge in [-0.15, -0.1) is 0 Å². The Morgan fingerprint density at radius 1 is 1.21 bits per heavy atom. The molecule has 0 amide bonds. The van der Waals surface area contributed by atoms with Crippen LogP contribution in [0.2, 0.25) is 0 Å². The molecule has 0 bridgehead atoms. The predicted octanol–water partition coefficient (Wildman–Crippen LogP) is 3.36. The van der Waals surface area contributed by atoms with E-state index < -0.39 is 10.0 Å². The number of benzene rings is 1. The largest absolute Gasteiger partial charge is 0.240 e. The maximum absolute atomic E-state index is 12.1. The third-order valence-corrected chi connectivity index (χ3v) is 5.39. The summed E-state index contributed by atoms with van der Waals surface area (Å²) in [5.41, 5.74) is 2.44. The van der Waals surface area contributed by atoms with E-state index in [0.29, 0.717) is 11.4 Å². The van der Waals surface area contributed by atoms with E-state index in [4.69, 9.17) is 0 Å². The number of sulfonamides is 1. The summed E-state index contributed by atoms with van der Waals surface area (Å²) >= 11 is 3.34. The molecule has 0 saturated carbocycles. The van der Waals surface area contributed by atoms with Crippen LogP contribution >= 0.6 is 15.9 Å². The fraction of sp³-hybridized carbons (Fsp3) is 0.429. The van der Waals surface area contributed by atoms with Gasteiger partial charge in [0.15, 0.2) is 0 Å². The molecule has 0 heterocycles. The van der Waals surface area contributed by atoms with Crippen molar-refractivity contribution in [2.24, 2.45) is 0 Å². The normalized spacial score (nSPS) is 15.5. The van der Waals surface area contributed by atoms with Gasteiger partial charge in [0.1, 0.15) is 0 Å². The lowest BCUT2D eigenvalue weighted by Gasteiger charge is -2.07. The first kappa shape index (κ1) is 14.8. The molecule has 0 spiro atoms. The van der Waals surface area contributed by atoms with Crippen LogP contribution in [0.5, 0.6) is 0 Å². The van der Waals surface area contributed by atoms with Crippen molar-refractivity contribution in [1.82, 2.24) is 4.72 Å². The van der Waals surface area contributed by atoms with Gasteiger partial charge in [0.25, 0.3) is 0 Å². The van der Waals surface area contributed by atoms with Crippen molar-refractivity contribution < 1.29 is 8.42 Å². The second-order valence-electron chi connectivity index (χ2n) is 4.68. The third-order valence-electron chi connectivity index (χ3n) is 3.26. The molecule has 0 fully saturated rings. The summed E-state index contributed by atoms with van der Waals surface area (Å²) in [6, 6.07) is 6.94. The highest BCUT2D eigenvalue weighted by Gasteiger charge is 2.13. The summed E-state index contributed by atoms with van der Waals surface area (Å²) in [7, 11) is -3.37. The van der Waals surface area contributed by atoms with Crippen LogP contribution in [-0.2, 0) is 15.4 Å². The van der Waals surface area contributed by atoms with Crippen molar-refractivity contribution in [3.05, 3.63) is 41.5 Å². The van der Waals surface area contributed by atoms with Crippen molar-refractivity contribution in [3.63, 3.8) is 0 Å². The number of rotatable bonds is 6. The van der Waals surface area contributed by atoms with Crippen LogP contribution in [0.4, 0.5) is 0 Å². The maximum Gasteiger partial charge on any atom is 0.240 e. The zero-order chi connectivity index (χ0) is 13.7. The number of nitrogens with one attached hydrogen (secondary N) is 1. The Balaban J connectivity index is 1.93. The molecule has 2 rings (SSSR count). The molecular weight excluding hydrogens is 326 g/mol. The van der Waals surface area contributed by atoms with E-state index in [0.717, 1.165) is 30.2 Å². The first-order valence-electron chi connectivity index (χ1n) is 6.44. The molecule has 0 unspecified atom stereocenters. The lowest BCUT2D eigenvalue weighted by Crippen LogP contribution is -2.25. The molecular formula is C14H18BrNO2S. The Kier molecular flexibility index (Phi) is 5.19. The van der Waals surface area contributed by atoms with Gasteiger partial charge in [-0.05, 0) is 43.4 Å². The summed E-state index contributed by atoms with van der Waals surface area (Å²) in [5, 5.41) is 0.731. The SMILES string of the molecule is O=S(=O)(NCCC1=CCCC1)c1ccc(CBr)cc1. The van der Waals surface area contributed by atoms with E-state index in [2.05, 4.69) is 26.7 Å². The molecule has 3 nitrogen and oxygen atoms in total. The molecule has 19 heavy (non-hydrogen) atoms. The first-order chi connectivity index (χ1) is 9.12. The van der Waals surface area contributed by atoms with Gasteiger partial charge in [0.2, 0.25) is 10.0 Å². The molecule has 0 aromatic heterocycles. The highest BCUT2D eigenvalue weighted by atomic mass is 79.9. The van der Waals surface area contributed by atoms with Gasteiger partial charge in [0, 0.05) is 11.9 Å². The molecule has 0 aliphatic heterocycles. The van der Waals surface area contributed by atoms with E-state index in [1.807, 2.05) is 12.1 Å². The lowest BCUT2D eigenvalue weighted by molar-refractivity contribution is 0.581. The summed E-state index contributed by atoms with van der Waals surface area (Å²) in [6.45, 7) is 0.481. The first-order valence-corrected chi connectivity index (χ1v) is 9.05. The zero-order valence-corrected chi connectivity index (χ0v) is 13.1. The van der Waals surface area contributed by atoms with Crippen LogP contribution < -0.4 is 4.72 Å². The Morgan fingerprint density at radius 2 is 1.95 bits per heavy atom. The van der Waals surface area contributed by atoms with Gasteiger partial charge in [-0.2, -0.15) is 0 Å². The molecule has 0 saturated heterocycles. The highest BCUT2D eigenvalue weighted by Crippen LogP contribution is 2.20. The smallest absolute Gasteiger partial charge is 0.211 e. The molecule has 1 aromatic rings. The average molecular weight is 344 g/mol. The van der Waals surface area contributed by atoms with E-state index >= 15 is 0 Å². The topological polar surface area (TPSA) is 46.2 Å². The van der Waals surface area contributed by atoms with Crippen LogP contribution in [0, 0.1) is 0 Å². The second kappa shape index (κ2) is 6.68. The van der Waals surface area contributed by atoms with Crippen molar-refractivity contribution in [3.8, 4) is 0 Å². The van der Waals surface area contributed by atoms with Crippen molar-refractivity contribution in [1.29, 1.82) is 0 Å². The van der Waals surface area contributed by atoms with Gasteiger partial charge >= 0.3 is 0 Å². The number of hydrogen-bond acceptors (Lipinski definition) is 2. The number of alkyl halides is 1. The standard InChI is InChI=1S/C14H18BrNO2S/c15-11-13-5-7-14(8-6-13)19(17,18)16-10-9-12-3-1-2-4-12/h3,5-8,16H,1-2,4,9-11H2. The van der Waals surface area contributed by atoms with E-state index in [1.54, 1.807) is 12.1 Å². The van der Waals surface area contributed by atoms with Gasteiger partial charge in [-0.3, -0.25) is 0 Å². The third kappa shape index (κ3) is 4.16. The molecule has 1 aliphatic carbocycles. The summed E-state index contributed by atoms with van der Waals surface area (Å²) in [5.74, 6) is 0. The molecule has 1 N–H and O–H groups in total. The highest BCUT2D eigenvalue weighted by molar-refractivity contribution is 9.08. The average Bonchev–Trinajstić information content (AvgIpc) is 2.92. The van der Waals surface area contributed by atoms with Crippen LogP contribution in [0.3, 0.4) is 0 Å². The second-order valence-corrected chi connectivity index (χ2v) is 7.01. The number of halogens is 1. The van der Waals surface area contributed by atoms with E-state index in [9.17, 15) is 8.42 Å². The molecule has 1 aromatic carbocycles. The molecule has 5 heteroatoms. The Bertz CT molecular complexity index is 549. The zero-order valence-electron chi connectivity index (χ0n) is 10.7. The van der Waals surface area contributed by atoms with Gasteiger partial charge in [0.05, 0.1) is 4.90 Å². The Morgan fingerprint density at radius 3 is 2.53 bits per heavy atom. The van der Waals surface area contributed by atoms with Gasteiger partial charge in [-0.1, -0.05) is 39.7 Å². The molecule has 104 valence electrons. The minimum absolute atomic E-state index is 0.331. The summed E-state index contributed by atoms with van der Waals surface area (Å²) < 4.78 is 26.8. The van der Waals surface area contributed by atoms with Crippen molar-refractivity contribution in [2.75, 3.05) is 6.54 Å². The maximum atomic E-state index is 12.1.